The van der Waals surface area contributed by atoms with Gasteiger partial charge in [0.05, 0.1) is 0 Å². The second-order valence-corrected chi connectivity index (χ2v) is 2.64. The van der Waals surface area contributed by atoms with Gasteiger partial charge in [0.15, 0.2) is 0 Å². The van der Waals surface area contributed by atoms with Crippen molar-refractivity contribution in [1.82, 2.24) is 0 Å². The maximum absolute atomic E-state index is 12.3. The summed E-state index contributed by atoms with van der Waals surface area (Å²) in [6, 6.07) is 6.55. The lowest BCUT2D eigenvalue weighted by Gasteiger charge is -1.92. The zero-order valence-electron chi connectivity index (χ0n) is 6.56. The number of thioether (sulfide) groups is 1. The maximum atomic E-state index is 12.3. The first-order valence-corrected chi connectivity index (χ1v) is 4.38. The van der Waals surface area contributed by atoms with E-state index in [1.807, 2.05) is 12.3 Å². The third-order valence-electron chi connectivity index (χ3n) is 1.03. The fraction of sp³-hybridized carbons (Fsp3) is 0.250. The lowest BCUT2D eigenvalue weighted by molar-refractivity contribution is 0.295. The highest BCUT2D eigenvalue weighted by molar-refractivity contribution is 7.98. The van der Waals surface area contributed by atoms with Crippen LogP contribution in [0.3, 0.4) is 0 Å². The Morgan fingerprint density at radius 3 is 2.25 bits per heavy atom. The van der Waals surface area contributed by atoms with Crippen LogP contribution in [0.4, 0.5) is 13.2 Å². The number of hydrogen-bond acceptors (Lipinski definition) is 1. The van der Waals surface area contributed by atoms with Gasteiger partial charge in [-0.1, -0.05) is 6.07 Å². The van der Waals surface area contributed by atoms with Crippen molar-refractivity contribution in [2.75, 3.05) is 13.2 Å². The second-order valence-electron chi connectivity index (χ2n) is 1.76. The van der Waals surface area contributed by atoms with Crippen molar-refractivity contribution in [2.45, 2.75) is 4.90 Å². The van der Waals surface area contributed by atoms with Gasteiger partial charge in [-0.15, -0.1) is 11.8 Å². The van der Waals surface area contributed by atoms with Gasteiger partial charge in [0.25, 0.3) is 0 Å². The molecule has 1 aromatic carbocycles. The third kappa shape index (κ3) is 5.07. The smallest absolute Gasteiger partial charge is 0.214 e. The molecular formula is C8H9F3S. The molecule has 0 saturated heterocycles. The van der Waals surface area contributed by atoms with Crippen LogP contribution in [0.25, 0.3) is 0 Å². The summed E-state index contributed by atoms with van der Waals surface area (Å²) in [5, 5.41) is 0. The number of halogens is 3. The van der Waals surface area contributed by atoms with E-state index in [0.717, 1.165) is 4.90 Å². The predicted molar refractivity (Wildman–Crippen MR) is 45.3 cm³/mol. The molecule has 1 aromatic rings. The van der Waals surface area contributed by atoms with Crippen LogP contribution in [0.2, 0.25) is 0 Å². The molecule has 0 heterocycles. The van der Waals surface area contributed by atoms with Crippen LogP contribution in [0.5, 0.6) is 0 Å². The van der Waals surface area contributed by atoms with Crippen molar-refractivity contribution >= 4 is 11.8 Å². The van der Waals surface area contributed by atoms with Gasteiger partial charge in [0, 0.05) is 4.90 Å². The molecule has 0 amide bonds. The topological polar surface area (TPSA) is 0 Å². The van der Waals surface area contributed by atoms with Crippen molar-refractivity contribution in [1.29, 1.82) is 0 Å². The molecule has 0 nitrogen and oxygen atoms in total. The van der Waals surface area contributed by atoms with E-state index in [0.29, 0.717) is 0 Å². The van der Waals surface area contributed by atoms with Gasteiger partial charge in [-0.25, -0.2) is 13.2 Å². The second kappa shape index (κ2) is 7.03. The molecule has 1 rings (SSSR count). The zero-order valence-corrected chi connectivity index (χ0v) is 7.38. The van der Waals surface area contributed by atoms with Gasteiger partial charge in [-0.3, -0.25) is 0 Å². The highest BCUT2D eigenvalue weighted by Crippen LogP contribution is 2.14. The normalized spacial score (nSPS) is 8.67. The van der Waals surface area contributed by atoms with Crippen LogP contribution < -0.4 is 0 Å². The molecule has 0 aliphatic carbocycles. The van der Waals surface area contributed by atoms with Crippen LogP contribution in [0.15, 0.2) is 29.2 Å². The monoisotopic (exact) mass is 194 g/mol. The molecule has 0 atom stereocenters. The summed E-state index contributed by atoms with van der Waals surface area (Å²) in [5.41, 5.74) is 0. The molecular weight excluding hydrogens is 185 g/mol. The number of alkyl halides is 2. The van der Waals surface area contributed by atoms with Crippen LogP contribution in [0.1, 0.15) is 0 Å². The molecule has 0 aliphatic rings. The van der Waals surface area contributed by atoms with Gasteiger partial charge in [-0.2, -0.15) is 0 Å². The van der Waals surface area contributed by atoms with E-state index in [9.17, 15) is 13.2 Å². The van der Waals surface area contributed by atoms with Crippen molar-refractivity contribution < 1.29 is 13.2 Å². The van der Waals surface area contributed by atoms with Crippen molar-refractivity contribution in [3.63, 3.8) is 0 Å². The summed E-state index contributed by atoms with van der Waals surface area (Å²) >= 11 is 1.54. The van der Waals surface area contributed by atoms with Gasteiger partial charge in [-0.05, 0) is 24.5 Å². The Bertz CT molecular complexity index is 215. The average molecular weight is 194 g/mol. The fourth-order valence-corrected chi connectivity index (χ4v) is 1.04. The molecule has 0 fully saturated rings. The Morgan fingerprint density at radius 1 is 1.33 bits per heavy atom. The minimum atomic E-state index is -1.75. The summed E-state index contributed by atoms with van der Waals surface area (Å²) in [6.45, 7) is -1.75. The first-order valence-electron chi connectivity index (χ1n) is 3.16. The minimum absolute atomic E-state index is 0.165. The first-order chi connectivity index (χ1) is 5.74. The van der Waals surface area contributed by atoms with E-state index in [4.69, 9.17) is 0 Å². The zero-order chi connectivity index (χ0) is 9.40. The van der Waals surface area contributed by atoms with E-state index >= 15 is 0 Å². The van der Waals surface area contributed by atoms with Crippen LogP contribution >= 0.6 is 11.8 Å². The quantitative estimate of drug-likeness (QED) is 0.617. The summed E-state index contributed by atoms with van der Waals surface area (Å²) in [4.78, 5) is 0.968. The Balaban J connectivity index is 0.000000354. The molecule has 0 bridgehead atoms. The van der Waals surface area contributed by atoms with E-state index in [1.54, 1.807) is 17.8 Å². The Kier molecular flexibility index (Phi) is 6.66. The Labute approximate surface area is 73.8 Å². The molecule has 0 saturated carbocycles. The molecule has 4 heteroatoms. The molecule has 12 heavy (non-hydrogen) atoms. The molecule has 0 aliphatic heterocycles. The highest BCUT2D eigenvalue weighted by atomic mass is 32.2. The van der Waals surface area contributed by atoms with Gasteiger partial charge >= 0.3 is 0 Å². The average Bonchev–Trinajstić information content (AvgIpc) is 2.06. The van der Waals surface area contributed by atoms with Crippen LogP contribution in [0, 0.1) is 5.82 Å². The lowest BCUT2D eigenvalue weighted by atomic mass is 10.4. The molecule has 0 radical (unpaired) electrons. The third-order valence-corrected chi connectivity index (χ3v) is 1.76. The molecule has 0 N–H and O–H groups in total. The predicted octanol–water partition coefficient (Wildman–Crippen LogP) is 3.43. The summed E-state index contributed by atoms with van der Waals surface area (Å²) < 4.78 is 31.6. The molecule has 0 aromatic heterocycles. The van der Waals surface area contributed by atoms with Gasteiger partial charge in [0.1, 0.15) is 5.82 Å². The van der Waals surface area contributed by atoms with Crippen molar-refractivity contribution in [3.8, 4) is 0 Å². The highest BCUT2D eigenvalue weighted by Gasteiger charge is 1.89. The number of hydrogen-bond donors (Lipinski definition) is 0. The summed E-state index contributed by atoms with van der Waals surface area (Å²) in [6.07, 6.45) is 1.93. The maximum Gasteiger partial charge on any atom is 0.229 e. The molecule has 68 valence electrons. The fourth-order valence-electron chi connectivity index (χ4n) is 0.594. The van der Waals surface area contributed by atoms with Crippen LogP contribution in [-0.4, -0.2) is 13.2 Å². The first kappa shape index (κ1) is 11.4. The summed E-state index contributed by atoms with van der Waals surface area (Å²) in [7, 11) is 0. The Hall–Kier alpha value is -0.640. The SMILES string of the molecule is CSc1cccc(F)c1.FCF. The molecule has 0 spiro atoms. The van der Waals surface area contributed by atoms with Crippen molar-refractivity contribution in [3.05, 3.63) is 30.1 Å². The van der Waals surface area contributed by atoms with E-state index in [-0.39, 0.29) is 5.82 Å². The van der Waals surface area contributed by atoms with Crippen molar-refractivity contribution in [2.24, 2.45) is 0 Å². The summed E-state index contributed by atoms with van der Waals surface area (Å²) in [5.74, 6) is -0.165. The standard InChI is InChI=1S/C7H7FS.CH2F2/c1-9-7-4-2-3-6(8)5-7;2-1-3/h2-5H,1H3;1H2. The van der Waals surface area contributed by atoms with Gasteiger partial charge in [0.2, 0.25) is 6.93 Å². The Morgan fingerprint density at radius 2 is 1.92 bits per heavy atom. The van der Waals surface area contributed by atoms with Crippen LogP contribution in [-0.2, 0) is 0 Å². The van der Waals surface area contributed by atoms with E-state index in [1.165, 1.54) is 12.1 Å². The minimum Gasteiger partial charge on any atom is -0.214 e. The largest absolute Gasteiger partial charge is 0.229 e. The number of benzene rings is 1. The lowest BCUT2D eigenvalue weighted by Crippen LogP contribution is -1.72. The van der Waals surface area contributed by atoms with E-state index < -0.39 is 6.93 Å². The molecule has 0 unspecified atom stereocenters. The van der Waals surface area contributed by atoms with E-state index in [2.05, 4.69) is 0 Å². The van der Waals surface area contributed by atoms with Gasteiger partial charge < -0.3 is 0 Å². The number of rotatable bonds is 1.